The van der Waals surface area contributed by atoms with Gasteiger partial charge in [0.05, 0.1) is 11.5 Å². The number of aromatic nitrogens is 2. The molecule has 1 N–H and O–H groups in total. The monoisotopic (exact) mass is 285 g/mol. The molecule has 19 heavy (non-hydrogen) atoms. The second-order valence-electron chi connectivity index (χ2n) is 5.45. The summed E-state index contributed by atoms with van der Waals surface area (Å²) in [5.74, 6) is 1.76. The minimum Gasteiger partial charge on any atom is -0.475 e. The lowest BCUT2D eigenvalue weighted by Gasteiger charge is -2.14. The second-order valence-corrected chi connectivity index (χ2v) is 6.06. The third-order valence-electron chi connectivity index (χ3n) is 2.40. The van der Waals surface area contributed by atoms with Gasteiger partial charge in [0, 0.05) is 18.3 Å². The molecule has 0 aliphatic heterocycles. The van der Waals surface area contributed by atoms with Crippen LogP contribution in [-0.2, 0) is 0 Å². The minimum absolute atomic E-state index is 0.0820. The topological polar surface area (TPSA) is 47.0 Å². The number of aryl methyl sites for hydroxylation is 1. The van der Waals surface area contributed by atoms with Crippen molar-refractivity contribution in [2.24, 2.45) is 5.92 Å². The number of nitrogens with zero attached hydrogens (tertiary/aromatic N) is 2. The smallest absolute Gasteiger partial charge is 0.226 e. The molecule has 0 amide bonds. The highest BCUT2D eigenvalue weighted by molar-refractivity contribution is 6.20. The third kappa shape index (κ3) is 6.62. The molecule has 1 unspecified atom stereocenters. The van der Waals surface area contributed by atoms with Crippen LogP contribution in [0.15, 0.2) is 6.07 Å². The maximum absolute atomic E-state index is 6.24. The molecule has 0 aliphatic rings. The fourth-order valence-electron chi connectivity index (χ4n) is 1.72. The first-order chi connectivity index (χ1) is 8.86. The third-order valence-corrected chi connectivity index (χ3v) is 2.73. The lowest BCUT2D eigenvalue weighted by Crippen LogP contribution is -2.18. The Morgan fingerprint density at radius 1 is 1.26 bits per heavy atom. The van der Waals surface area contributed by atoms with Gasteiger partial charge in [-0.1, -0.05) is 13.8 Å². The van der Waals surface area contributed by atoms with Gasteiger partial charge in [0.1, 0.15) is 0 Å². The van der Waals surface area contributed by atoms with Gasteiger partial charge in [-0.05, 0) is 33.1 Å². The summed E-state index contributed by atoms with van der Waals surface area (Å²) in [6, 6.07) is 1.83. The van der Waals surface area contributed by atoms with Crippen LogP contribution in [0.5, 0.6) is 5.88 Å². The lowest BCUT2D eigenvalue weighted by atomic mass is 10.1. The standard InChI is InChI=1S/C14H24ClN3O/c1-9(2)6-12(15)8-16-14-17-11(5)7-13(18-14)19-10(3)4/h7,9-10,12H,6,8H2,1-5H3,(H,16,17,18). The van der Waals surface area contributed by atoms with Crippen molar-refractivity contribution < 1.29 is 4.74 Å². The van der Waals surface area contributed by atoms with Crippen LogP contribution in [0.1, 0.15) is 39.8 Å². The number of rotatable bonds is 7. The summed E-state index contributed by atoms with van der Waals surface area (Å²) in [6.45, 7) is 10.8. The fourth-order valence-corrected chi connectivity index (χ4v) is 2.15. The zero-order valence-electron chi connectivity index (χ0n) is 12.4. The largest absolute Gasteiger partial charge is 0.475 e. The molecule has 0 radical (unpaired) electrons. The predicted molar refractivity (Wildman–Crippen MR) is 80.1 cm³/mol. The van der Waals surface area contributed by atoms with Gasteiger partial charge in [-0.15, -0.1) is 11.6 Å². The van der Waals surface area contributed by atoms with Gasteiger partial charge in [-0.3, -0.25) is 0 Å². The molecule has 0 saturated carbocycles. The van der Waals surface area contributed by atoms with E-state index in [0.717, 1.165) is 12.1 Å². The summed E-state index contributed by atoms with van der Waals surface area (Å²) < 4.78 is 5.58. The maximum Gasteiger partial charge on any atom is 0.226 e. The zero-order chi connectivity index (χ0) is 14.4. The summed E-state index contributed by atoms with van der Waals surface area (Å²) in [4.78, 5) is 8.65. The fraction of sp³-hybridized carbons (Fsp3) is 0.714. The van der Waals surface area contributed by atoms with Gasteiger partial charge in [0.15, 0.2) is 0 Å². The van der Waals surface area contributed by atoms with E-state index in [1.54, 1.807) is 0 Å². The number of halogens is 1. The highest BCUT2D eigenvalue weighted by Crippen LogP contribution is 2.15. The Balaban J connectivity index is 2.60. The van der Waals surface area contributed by atoms with Crippen molar-refractivity contribution in [1.82, 2.24) is 9.97 Å². The van der Waals surface area contributed by atoms with E-state index in [9.17, 15) is 0 Å². The molecule has 0 aromatic carbocycles. The van der Waals surface area contributed by atoms with E-state index in [0.29, 0.717) is 24.3 Å². The summed E-state index contributed by atoms with van der Waals surface area (Å²) in [7, 11) is 0. The Hall–Kier alpha value is -1.03. The molecule has 108 valence electrons. The molecule has 1 aromatic rings. The molecule has 0 saturated heterocycles. The van der Waals surface area contributed by atoms with Crippen LogP contribution in [0.3, 0.4) is 0 Å². The molecule has 1 atom stereocenters. The average molecular weight is 286 g/mol. The Morgan fingerprint density at radius 2 is 1.95 bits per heavy atom. The van der Waals surface area contributed by atoms with Crippen molar-refractivity contribution in [3.63, 3.8) is 0 Å². The van der Waals surface area contributed by atoms with E-state index in [-0.39, 0.29) is 11.5 Å². The highest BCUT2D eigenvalue weighted by atomic mass is 35.5. The van der Waals surface area contributed by atoms with E-state index in [4.69, 9.17) is 16.3 Å². The predicted octanol–water partition coefficient (Wildman–Crippen LogP) is 3.64. The lowest BCUT2D eigenvalue weighted by molar-refractivity contribution is 0.232. The van der Waals surface area contributed by atoms with Crippen molar-refractivity contribution in [2.45, 2.75) is 52.5 Å². The molecule has 1 rings (SSSR count). The van der Waals surface area contributed by atoms with Crippen LogP contribution >= 0.6 is 11.6 Å². The summed E-state index contributed by atoms with van der Waals surface area (Å²) in [6.07, 6.45) is 1.07. The van der Waals surface area contributed by atoms with E-state index >= 15 is 0 Å². The number of nitrogens with one attached hydrogen (secondary N) is 1. The number of hydrogen-bond acceptors (Lipinski definition) is 4. The first-order valence-corrected chi connectivity index (χ1v) is 7.20. The Kier molecular flexibility index (Phi) is 6.35. The van der Waals surface area contributed by atoms with Crippen LogP contribution in [0.2, 0.25) is 0 Å². The molecule has 5 heteroatoms. The van der Waals surface area contributed by atoms with Gasteiger partial charge in [-0.2, -0.15) is 4.98 Å². The van der Waals surface area contributed by atoms with Gasteiger partial charge in [0.25, 0.3) is 0 Å². The quantitative estimate of drug-likeness (QED) is 0.777. The van der Waals surface area contributed by atoms with Gasteiger partial charge in [-0.25, -0.2) is 4.98 Å². The molecule has 0 fully saturated rings. The maximum atomic E-state index is 6.24. The van der Waals surface area contributed by atoms with Gasteiger partial charge < -0.3 is 10.1 Å². The molecule has 0 bridgehead atoms. The highest BCUT2D eigenvalue weighted by Gasteiger charge is 2.09. The van der Waals surface area contributed by atoms with Gasteiger partial charge in [0.2, 0.25) is 11.8 Å². The van der Waals surface area contributed by atoms with Crippen LogP contribution in [0.25, 0.3) is 0 Å². The van der Waals surface area contributed by atoms with Crippen LogP contribution < -0.4 is 10.1 Å². The Morgan fingerprint density at radius 3 is 2.53 bits per heavy atom. The van der Waals surface area contributed by atoms with Gasteiger partial charge >= 0.3 is 0 Å². The SMILES string of the molecule is Cc1cc(OC(C)C)nc(NCC(Cl)CC(C)C)n1. The van der Waals surface area contributed by atoms with Crippen molar-refractivity contribution in [2.75, 3.05) is 11.9 Å². The molecule has 1 heterocycles. The van der Waals surface area contributed by atoms with Crippen molar-refractivity contribution in [3.05, 3.63) is 11.8 Å². The number of anilines is 1. The summed E-state index contributed by atoms with van der Waals surface area (Å²) >= 11 is 6.24. The average Bonchev–Trinajstić information content (AvgIpc) is 2.23. The number of alkyl halides is 1. The van der Waals surface area contributed by atoms with E-state index in [1.807, 2.05) is 26.8 Å². The van der Waals surface area contributed by atoms with E-state index in [2.05, 4.69) is 29.1 Å². The van der Waals surface area contributed by atoms with E-state index in [1.165, 1.54) is 0 Å². The zero-order valence-corrected chi connectivity index (χ0v) is 13.2. The summed E-state index contributed by atoms with van der Waals surface area (Å²) in [5, 5.41) is 3.25. The molecule has 4 nitrogen and oxygen atoms in total. The number of hydrogen-bond donors (Lipinski definition) is 1. The van der Waals surface area contributed by atoms with E-state index < -0.39 is 0 Å². The molecular formula is C14H24ClN3O. The summed E-state index contributed by atoms with van der Waals surface area (Å²) in [5.41, 5.74) is 0.878. The Labute approximate surface area is 120 Å². The molecule has 0 aliphatic carbocycles. The van der Waals surface area contributed by atoms with Crippen LogP contribution in [0.4, 0.5) is 5.95 Å². The molecule has 0 spiro atoms. The van der Waals surface area contributed by atoms with Crippen molar-refractivity contribution >= 4 is 17.5 Å². The van der Waals surface area contributed by atoms with Crippen LogP contribution in [0, 0.1) is 12.8 Å². The first-order valence-electron chi connectivity index (χ1n) is 6.77. The second kappa shape index (κ2) is 7.53. The molecular weight excluding hydrogens is 262 g/mol. The first kappa shape index (κ1) is 16.0. The Bertz CT molecular complexity index is 396. The van der Waals surface area contributed by atoms with Crippen molar-refractivity contribution in [3.8, 4) is 5.88 Å². The normalized spacial score (nSPS) is 12.8. The number of ether oxygens (including phenoxy) is 1. The van der Waals surface area contributed by atoms with Crippen molar-refractivity contribution in [1.29, 1.82) is 0 Å². The molecule has 1 aromatic heterocycles. The minimum atomic E-state index is 0.0820. The van der Waals surface area contributed by atoms with Crippen LogP contribution in [-0.4, -0.2) is 28.0 Å².